The molecule has 0 saturated heterocycles. The molecule has 1 aromatic heterocycles. The van der Waals surface area contributed by atoms with Crippen LogP contribution in [-0.2, 0) is 4.79 Å². The molecule has 1 unspecified atom stereocenters. The van der Waals surface area contributed by atoms with Crippen molar-refractivity contribution in [2.75, 3.05) is 5.32 Å². The van der Waals surface area contributed by atoms with Gasteiger partial charge in [-0.25, -0.2) is 9.07 Å². The molecule has 1 N–H and O–H groups in total. The number of halogens is 2. The fourth-order valence-corrected chi connectivity index (χ4v) is 3.57. The van der Waals surface area contributed by atoms with Gasteiger partial charge in [-0.3, -0.25) is 9.59 Å². The van der Waals surface area contributed by atoms with Gasteiger partial charge in [0.2, 0.25) is 5.91 Å². The molecule has 5 nitrogen and oxygen atoms in total. The number of anilines is 1. The number of aryl methyl sites for hydroxylation is 1. The Hall–Kier alpha value is -2.99. The highest BCUT2D eigenvalue weighted by Gasteiger charge is 2.36. The first-order chi connectivity index (χ1) is 12.9. The van der Waals surface area contributed by atoms with Gasteiger partial charge in [-0.2, -0.15) is 5.10 Å². The van der Waals surface area contributed by atoms with Crippen LogP contribution in [0.25, 0.3) is 5.69 Å². The molecule has 1 amide bonds. The Labute approximate surface area is 159 Å². The fraction of sp³-hybridized carbons (Fsp3) is 0.150. The number of carbonyl (C=O) groups is 2. The van der Waals surface area contributed by atoms with Crippen molar-refractivity contribution >= 4 is 29.1 Å². The Kier molecular flexibility index (Phi) is 4.28. The van der Waals surface area contributed by atoms with E-state index >= 15 is 0 Å². The molecule has 0 bridgehead atoms. The van der Waals surface area contributed by atoms with Crippen LogP contribution in [0.2, 0.25) is 5.02 Å². The summed E-state index contributed by atoms with van der Waals surface area (Å²) in [5.74, 6) is -1.03. The molecular formula is C20H15ClFN3O2. The summed E-state index contributed by atoms with van der Waals surface area (Å²) in [6, 6.07) is 12.4. The monoisotopic (exact) mass is 383 g/mol. The number of nitrogens with zero attached hydrogens (tertiary/aromatic N) is 2. The van der Waals surface area contributed by atoms with E-state index in [4.69, 9.17) is 11.6 Å². The topological polar surface area (TPSA) is 64.0 Å². The summed E-state index contributed by atoms with van der Waals surface area (Å²) in [5.41, 5.74) is 2.34. The summed E-state index contributed by atoms with van der Waals surface area (Å²) < 4.78 is 14.8. The summed E-state index contributed by atoms with van der Waals surface area (Å²) in [4.78, 5) is 25.4. The third-order valence-electron chi connectivity index (χ3n) is 4.60. The quantitative estimate of drug-likeness (QED) is 0.686. The van der Waals surface area contributed by atoms with Gasteiger partial charge >= 0.3 is 0 Å². The molecule has 136 valence electrons. The number of benzene rings is 2. The molecule has 0 aliphatic carbocycles. The number of amides is 1. The van der Waals surface area contributed by atoms with Crippen molar-refractivity contribution in [1.82, 2.24) is 9.78 Å². The molecule has 2 aromatic carbocycles. The maximum Gasteiger partial charge on any atom is 0.226 e. The van der Waals surface area contributed by atoms with Crippen LogP contribution >= 0.6 is 11.6 Å². The van der Waals surface area contributed by atoms with E-state index in [0.29, 0.717) is 33.3 Å². The first kappa shape index (κ1) is 17.4. The predicted octanol–water partition coefficient (Wildman–Crippen LogP) is 4.28. The van der Waals surface area contributed by atoms with Crippen molar-refractivity contribution in [2.45, 2.75) is 19.3 Å². The Morgan fingerprint density at radius 1 is 1.26 bits per heavy atom. The van der Waals surface area contributed by atoms with Crippen molar-refractivity contribution in [3.8, 4) is 5.69 Å². The zero-order valence-corrected chi connectivity index (χ0v) is 15.1. The number of ketones is 1. The zero-order valence-electron chi connectivity index (χ0n) is 14.4. The van der Waals surface area contributed by atoms with Crippen molar-refractivity contribution < 1.29 is 14.0 Å². The highest BCUT2D eigenvalue weighted by Crippen LogP contribution is 2.38. The minimum atomic E-state index is -0.651. The van der Waals surface area contributed by atoms with Gasteiger partial charge in [0.05, 0.1) is 17.3 Å². The second-order valence-corrected chi connectivity index (χ2v) is 6.85. The van der Waals surface area contributed by atoms with Gasteiger partial charge in [0.15, 0.2) is 5.78 Å². The normalized spacial score (nSPS) is 16.0. The van der Waals surface area contributed by atoms with E-state index in [2.05, 4.69) is 10.4 Å². The Morgan fingerprint density at radius 2 is 2.00 bits per heavy atom. The van der Waals surface area contributed by atoms with Crippen molar-refractivity contribution in [3.05, 3.63) is 76.2 Å². The van der Waals surface area contributed by atoms with Crippen LogP contribution in [0.3, 0.4) is 0 Å². The lowest BCUT2D eigenvalue weighted by Crippen LogP contribution is -2.28. The lowest BCUT2D eigenvalue weighted by Gasteiger charge is -2.23. The molecule has 3 aromatic rings. The van der Waals surface area contributed by atoms with Gasteiger partial charge in [-0.1, -0.05) is 23.7 Å². The average Bonchev–Trinajstić information content (AvgIpc) is 2.97. The van der Waals surface area contributed by atoms with Crippen LogP contribution in [0.5, 0.6) is 0 Å². The smallest absolute Gasteiger partial charge is 0.226 e. The lowest BCUT2D eigenvalue weighted by atomic mass is 9.85. The van der Waals surface area contributed by atoms with Gasteiger partial charge in [-0.15, -0.1) is 0 Å². The number of rotatable bonds is 3. The number of hydrogen-bond donors (Lipinski definition) is 1. The predicted molar refractivity (Wildman–Crippen MR) is 100 cm³/mol. The summed E-state index contributed by atoms with van der Waals surface area (Å²) in [5, 5.41) is 7.73. The fourth-order valence-electron chi connectivity index (χ4n) is 3.38. The summed E-state index contributed by atoms with van der Waals surface area (Å²) in [7, 11) is 0. The minimum absolute atomic E-state index is 0.0360. The minimum Gasteiger partial charge on any atom is -0.310 e. The third kappa shape index (κ3) is 3.13. The molecular weight excluding hydrogens is 369 g/mol. The number of fused-ring (bicyclic) bond motifs is 1. The van der Waals surface area contributed by atoms with E-state index in [9.17, 15) is 14.0 Å². The maximum atomic E-state index is 13.2. The molecule has 0 spiro atoms. The largest absolute Gasteiger partial charge is 0.310 e. The Balaban J connectivity index is 1.82. The number of aromatic nitrogens is 2. The number of carbonyl (C=O) groups excluding carboxylic acids is 2. The Bertz CT molecular complexity index is 1060. The van der Waals surface area contributed by atoms with Gasteiger partial charge < -0.3 is 5.32 Å². The molecule has 1 aliphatic heterocycles. The highest BCUT2D eigenvalue weighted by atomic mass is 35.5. The molecule has 1 atom stereocenters. The van der Waals surface area contributed by atoms with Crippen molar-refractivity contribution in [2.24, 2.45) is 0 Å². The molecule has 7 heteroatoms. The molecule has 0 saturated carbocycles. The highest BCUT2D eigenvalue weighted by molar-refractivity contribution is 6.31. The van der Waals surface area contributed by atoms with E-state index in [1.54, 1.807) is 43.3 Å². The molecule has 1 aliphatic rings. The maximum absolute atomic E-state index is 13.2. The SMILES string of the molecule is Cc1nn(-c2ccc(F)cc2)c2c1C(C(=O)c1cccc(Cl)c1)CC(=O)N2. The second kappa shape index (κ2) is 6.63. The summed E-state index contributed by atoms with van der Waals surface area (Å²) in [6.07, 6.45) is 0.0360. The van der Waals surface area contributed by atoms with E-state index < -0.39 is 5.92 Å². The molecule has 0 radical (unpaired) electrons. The third-order valence-corrected chi connectivity index (χ3v) is 4.83. The van der Waals surface area contributed by atoms with Gasteiger partial charge in [0, 0.05) is 22.6 Å². The van der Waals surface area contributed by atoms with Gasteiger partial charge in [0.1, 0.15) is 11.6 Å². The standard InChI is InChI=1S/C20H15ClFN3O2/c1-11-18-16(19(27)12-3-2-4-13(21)9-12)10-17(26)23-20(18)25(24-11)15-7-5-14(22)6-8-15/h2-9,16H,10H2,1H3,(H,23,26). The number of Topliss-reactive ketones (excluding diaryl/α,β-unsaturated/α-hetero) is 1. The summed E-state index contributed by atoms with van der Waals surface area (Å²) >= 11 is 6.01. The van der Waals surface area contributed by atoms with E-state index in [0.717, 1.165) is 0 Å². The first-order valence-electron chi connectivity index (χ1n) is 8.39. The van der Waals surface area contributed by atoms with Crippen molar-refractivity contribution in [3.63, 3.8) is 0 Å². The van der Waals surface area contributed by atoms with E-state index in [1.165, 1.54) is 16.8 Å². The first-order valence-corrected chi connectivity index (χ1v) is 8.77. The number of nitrogens with one attached hydrogen (secondary N) is 1. The molecule has 0 fully saturated rings. The second-order valence-electron chi connectivity index (χ2n) is 6.42. The zero-order chi connectivity index (χ0) is 19.1. The van der Waals surface area contributed by atoms with Crippen LogP contribution in [0, 0.1) is 12.7 Å². The van der Waals surface area contributed by atoms with Crippen LogP contribution in [0.4, 0.5) is 10.2 Å². The average molecular weight is 384 g/mol. The molecule has 2 heterocycles. The summed E-state index contributed by atoms with van der Waals surface area (Å²) in [6.45, 7) is 1.79. The van der Waals surface area contributed by atoms with Crippen LogP contribution in [-0.4, -0.2) is 21.5 Å². The van der Waals surface area contributed by atoms with E-state index in [-0.39, 0.29) is 23.9 Å². The molecule has 27 heavy (non-hydrogen) atoms. The van der Waals surface area contributed by atoms with Gasteiger partial charge in [0.25, 0.3) is 0 Å². The van der Waals surface area contributed by atoms with Crippen LogP contribution in [0.15, 0.2) is 48.5 Å². The lowest BCUT2D eigenvalue weighted by molar-refractivity contribution is -0.116. The van der Waals surface area contributed by atoms with Crippen molar-refractivity contribution in [1.29, 1.82) is 0 Å². The van der Waals surface area contributed by atoms with Crippen LogP contribution < -0.4 is 5.32 Å². The number of hydrogen-bond acceptors (Lipinski definition) is 3. The van der Waals surface area contributed by atoms with Crippen LogP contribution in [0.1, 0.15) is 34.0 Å². The van der Waals surface area contributed by atoms with Gasteiger partial charge in [-0.05, 0) is 43.3 Å². The Morgan fingerprint density at radius 3 is 2.70 bits per heavy atom. The molecule has 4 rings (SSSR count). The van der Waals surface area contributed by atoms with E-state index in [1.807, 2.05) is 0 Å².